The van der Waals surface area contributed by atoms with Crippen molar-refractivity contribution in [1.29, 1.82) is 0 Å². The fourth-order valence-electron chi connectivity index (χ4n) is 2.05. The summed E-state index contributed by atoms with van der Waals surface area (Å²) >= 11 is 0. The molecule has 0 aliphatic heterocycles. The fraction of sp³-hybridized carbons (Fsp3) is 0.588. The van der Waals surface area contributed by atoms with Crippen molar-refractivity contribution in [3.63, 3.8) is 0 Å². The molecule has 0 saturated carbocycles. The van der Waals surface area contributed by atoms with Gasteiger partial charge in [0.15, 0.2) is 0 Å². The van der Waals surface area contributed by atoms with Crippen LogP contribution in [0.25, 0.3) is 0 Å². The van der Waals surface area contributed by atoms with Crippen LogP contribution in [0.2, 0.25) is 0 Å². The number of sulfonamides is 1. The topological polar surface area (TPSA) is 72.5 Å². The molecule has 1 rings (SSSR count). The molecule has 0 radical (unpaired) electrons. The van der Waals surface area contributed by atoms with Crippen LogP contribution in [-0.2, 0) is 19.6 Å². The molecule has 0 amide bonds. The molecule has 0 bridgehead atoms. The van der Waals surface area contributed by atoms with Crippen LogP contribution in [0.3, 0.4) is 0 Å². The Hall–Kier alpha value is -1.40. The first-order valence-corrected chi connectivity index (χ1v) is 9.32. The monoisotopic (exact) mass is 341 g/mol. The minimum Gasteiger partial charge on any atom is -0.460 e. The van der Waals surface area contributed by atoms with Crippen molar-refractivity contribution in [2.24, 2.45) is 5.92 Å². The summed E-state index contributed by atoms with van der Waals surface area (Å²) in [5.41, 5.74) is 0.403. The van der Waals surface area contributed by atoms with Crippen LogP contribution in [-0.4, -0.2) is 26.5 Å². The highest BCUT2D eigenvalue weighted by atomic mass is 32.2. The lowest BCUT2D eigenvalue weighted by atomic mass is 10.0. The summed E-state index contributed by atoms with van der Waals surface area (Å²) in [6, 6.07) is 6.60. The van der Waals surface area contributed by atoms with Crippen molar-refractivity contribution >= 4 is 16.0 Å². The molecular formula is C17H27NO4S. The number of carbonyl (C=O) groups is 1. The van der Waals surface area contributed by atoms with Crippen molar-refractivity contribution < 1.29 is 17.9 Å². The van der Waals surface area contributed by atoms with Crippen molar-refractivity contribution in [2.75, 3.05) is 6.54 Å². The highest BCUT2D eigenvalue weighted by molar-refractivity contribution is 7.89. The second-order valence-corrected chi connectivity index (χ2v) is 8.45. The molecule has 5 nitrogen and oxygen atoms in total. The van der Waals surface area contributed by atoms with E-state index in [2.05, 4.69) is 4.72 Å². The second-order valence-electron chi connectivity index (χ2n) is 6.68. The van der Waals surface area contributed by atoms with Gasteiger partial charge in [0.25, 0.3) is 0 Å². The summed E-state index contributed by atoms with van der Waals surface area (Å²) in [7, 11) is -3.63. The molecule has 1 unspecified atom stereocenters. The van der Waals surface area contributed by atoms with Gasteiger partial charge in [-0.15, -0.1) is 0 Å². The Morgan fingerprint density at radius 3 is 2.26 bits per heavy atom. The third-order valence-corrected chi connectivity index (χ3v) is 4.67. The highest BCUT2D eigenvalue weighted by Gasteiger charge is 2.26. The molecule has 0 aliphatic rings. The SMILES string of the molecule is CCCC(CNS(=O)(=O)c1ccc(C)cc1)C(=O)OC(C)(C)C. The summed E-state index contributed by atoms with van der Waals surface area (Å²) < 4.78 is 32.5. The molecule has 1 aromatic rings. The van der Waals surface area contributed by atoms with E-state index in [1.54, 1.807) is 45.0 Å². The summed E-state index contributed by atoms with van der Waals surface area (Å²) in [5, 5.41) is 0. The first-order valence-electron chi connectivity index (χ1n) is 7.84. The van der Waals surface area contributed by atoms with E-state index in [-0.39, 0.29) is 17.4 Å². The zero-order chi connectivity index (χ0) is 17.7. The number of hydrogen-bond donors (Lipinski definition) is 1. The third kappa shape index (κ3) is 6.71. The van der Waals surface area contributed by atoms with Crippen LogP contribution < -0.4 is 4.72 Å². The molecule has 1 atom stereocenters. The quantitative estimate of drug-likeness (QED) is 0.774. The zero-order valence-electron chi connectivity index (χ0n) is 14.5. The average molecular weight is 341 g/mol. The van der Waals surface area contributed by atoms with E-state index >= 15 is 0 Å². The molecule has 23 heavy (non-hydrogen) atoms. The van der Waals surface area contributed by atoms with E-state index in [1.807, 2.05) is 13.8 Å². The van der Waals surface area contributed by atoms with E-state index < -0.39 is 21.5 Å². The molecule has 0 heterocycles. The molecule has 1 N–H and O–H groups in total. The maximum absolute atomic E-state index is 12.3. The number of ether oxygens (including phenoxy) is 1. The lowest BCUT2D eigenvalue weighted by Gasteiger charge is -2.24. The van der Waals surface area contributed by atoms with Crippen LogP contribution in [0.5, 0.6) is 0 Å². The molecule has 0 spiro atoms. The first kappa shape index (κ1) is 19.6. The van der Waals surface area contributed by atoms with Gasteiger partial charge in [-0.1, -0.05) is 31.0 Å². The minimum absolute atomic E-state index is 0.0406. The Bertz CT molecular complexity index is 615. The van der Waals surface area contributed by atoms with Crippen molar-refractivity contribution in [2.45, 2.75) is 58.0 Å². The van der Waals surface area contributed by atoms with Gasteiger partial charge in [0.1, 0.15) is 5.60 Å². The Kier molecular flexibility index (Phi) is 6.77. The van der Waals surface area contributed by atoms with Gasteiger partial charge in [0.2, 0.25) is 10.0 Å². The van der Waals surface area contributed by atoms with Crippen LogP contribution >= 0.6 is 0 Å². The Morgan fingerprint density at radius 1 is 1.22 bits per heavy atom. The maximum Gasteiger partial charge on any atom is 0.310 e. The molecule has 6 heteroatoms. The molecule has 1 aromatic carbocycles. The first-order chi connectivity index (χ1) is 10.5. The van der Waals surface area contributed by atoms with E-state index in [0.717, 1.165) is 12.0 Å². The molecule has 0 fully saturated rings. The fourth-order valence-corrected chi connectivity index (χ4v) is 3.13. The molecular weight excluding hydrogens is 314 g/mol. The lowest BCUT2D eigenvalue weighted by molar-refractivity contribution is -0.159. The molecule has 0 aliphatic carbocycles. The number of rotatable bonds is 7. The van der Waals surface area contributed by atoms with Crippen LogP contribution in [0.1, 0.15) is 46.1 Å². The Labute approximate surface area is 139 Å². The second kappa shape index (κ2) is 7.93. The smallest absolute Gasteiger partial charge is 0.310 e. The Morgan fingerprint density at radius 2 is 1.78 bits per heavy atom. The number of esters is 1. The van der Waals surface area contributed by atoms with Crippen LogP contribution in [0, 0.1) is 12.8 Å². The van der Waals surface area contributed by atoms with Gasteiger partial charge < -0.3 is 4.74 Å². The third-order valence-electron chi connectivity index (χ3n) is 3.23. The van der Waals surface area contributed by atoms with E-state index in [4.69, 9.17) is 4.74 Å². The predicted molar refractivity (Wildman–Crippen MR) is 90.6 cm³/mol. The molecule has 0 aromatic heterocycles. The van der Waals surface area contributed by atoms with Crippen molar-refractivity contribution in [1.82, 2.24) is 4.72 Å². The van der Waals surface area contributed by atoms with Crippen molar-refractivity contribution in [3.8, 4) is 0 Å². The maximum atomic E-state index is 12.3. The minimum atomic E-state index is -3.63. The number of carbonyl (C=O) groups excluding carboxylic acids is 1. The standard InChI is InChI=1S/C17H27NO4S/c1-6-7-14(16(19)22-17(3,4)5)12-18-23(20,21)15-10-8-13(2)9-11-15/h8-11,14,18H,6-7,12H2,1-5H3. The largest absolute Gasteiger partial charge is 0.460 e. The highest BCUT2D eigenvalue weighted by Crippen LogP contribution is 2.16. The van der Waals surface area contributed by atoms with Crippen molar-refractivity contribution in [3.05, 3.63) is 29.8 Å². The van der Waals surface area contributed by atoms with Gasteiger partial charge in [0.05, 0.1) is 10.8 Å². The summed E-state index contributed by atoms with van der Waals surface area (Å²) in [6.07, 6.45) is 1.35. The number of aryl methyl sites for hydroxylation is 1. The van der Waals surface area contributed by atoms with Gasteiger partial charge in [-0.3, -0.25) is 4.79 Å². The number of nitrogens with one attached hydrogen (secondary N) is 1. The summed E-state index contributed by atoms with van der Waals surface area (Å²) in [4.78, 5) is 12.4. The van der Waals surface area contributed by atoms with Crippen LogP contribution in [0.4, 0.5) is 0 Å². The van der Waals surface area contributed by atoms with Crippen LogP contribution in [0.15, 0.2) is 29.2 Å². The van der Waals surface area contributed by atoms with E-state index in [1.165, 1.54) is 0 Å². The predicted octanol–water partition coefficient (Wildman–Crippen LogP) is 3.03. The summed E-state index contributed by atoms with van der Waals surface area (Å²) in [5.74, 6) is -0.856. The lowest BCUT2D eigenvalue weighted by Crippen LogP contribution is -2.36. The molecule has 130 valence electrons. The number of benzene rings is 1. The molecule has 0 saturated heterocycles. The Balaban J connectivity index is 2.77. The zero-order valence-corrected chi connectivity index (χ0v) is 15.4. The van der Waals surface area contributed by atoms with Gasteiger partial charge in [0, 0.05) is 6.54 Å². The van der Waals surface area contributed by atoms with E-state index in [0.29, 0.717) is 6.42 Å². The van der Waals surface area contributed by atoms with Gasteiger partial charge >= 0.3 is 5.97 Å². The van der Waals surface area contributed by atoms with Gasteiger partial charge in [-0.05, 0) is 46.2 Å². The summed E-state index contributed by atoms with van der Waals surface area (Å²) in [6.45, 7) is 9.27. The average Bonchev–Trinajstić information content (AvgIpc) is 2.42. The number of hydrogen-bond acceptors (Lipinski definition) is 4. The normalized spacial score (nSPS) is 13.6. The van der Waals surface area contributed by atoms with Gasteiger partial charge in [-0.25, -0.2) is 13.1 Å². The van der Waals surface area contributed by atoms with E-state index in [9.17, 15) is 13.2 Å². The van der Waals surface area contributed by atoms with Gasteiger partial charge in [-0.2, -0.15) is 0 Å².